The molecule has 3 nitrogen and oxygen atoms in total. The molecule has 0 bridgehead atoms. The number of hydrogen-bond acceptors (Lipinski definition) is 3. The quantitative estimate of drug-likeness (QED) is 0.317. The first-order valence-corrected chi connectivity index (χ1v) is 14.0. The van der Waals surface area contributed by atoms with Crippen LogP contribution in [0.25, 0.3) is 0 Å². The summed E-state index contributed by atoms with van der Waals surface area (Å²) < 4.78 is 11.8. The molecule has 0 aromatic carbocycles. The molecule has 0 N–H and O–H groups in total. The number of hydrogen-bond donors (Lipinski definition) is 0. The molecule has 182 valence electrons. The zero-order valence-electron chi connectivity index (χ0n) is 21.6. The van der Waals surface area contributed by atoms with Gasteiger partial charge in [-0.3, -0.25) is 4.79 Å². The van der Waals surface area contributed by atoms with E-state index in [0.717, 1.165) is 48.3 Å². The lowest BCUT2D eigenvalue weighted by molar-refractivity contribution is -0.168. The summed E-state index contributed by atoms with van der Waals surface area (Å²) in [5.74, 6) is 5.23. The highest BCUT2D eigenvalue weighted by Crippen LogP contribution is 2.71. The van der Waals surface area contributed by atoms with E-state index in [1.54, 1.807) is 0 Å². The second-order valence-electron chi connectivity index (χ2n) is 13.6. The Morgan fingerprint density at radius 2 is 1.72 bits per heavy atom. The van der Waals surface area contributed by atoms with Gasteiger partial charge >= 0.3 is 5.97 Å². The molecule has 4 aliphatic carbocycles. The Morgan fingerprint density at radius 1 is 0.969 bits per heavy atom. The summed E-state index contributed by atoms with van der Waals surface area (Å²) in [5.41, 5.74) is 0.934. The molecule has 0 aromatic rings. The molecule has 10 atom stereocenters. The standard InChI is InChI=1S/C29H48O3/c1-18(2)8-7-9-19(3)23-12-13-24-22-11-10-21-16-29(31-20(4)30)26(32-29)17-28(21,6)25(22)14-15-27(23,24)5/h18-19,21-26H,7-17H2,1-6H3/t19-,21+,22-,23-,24+,25-,26-,27+,28+,29+/m1/s1. The Labute approximate surface area is 196 Å². The van der Waals surface area contributed by atoms with Gasteiger partial charge in [-0.05, 0) is 97.2 Å². The molecule has 1 heterocycles. The zero-order valence-corrected chi connectivity index (χ0v) is 21.6. The molecule has 0 aromatic heterocycles. The van der Waals surface area contributed by atoms with E-state index in [0.29, 0.717) is 16.7 Å². The molecule has 5 fully saturated rings. The summed E-state index contributed by atoms with van der Waals surface area (Å²) in [4.78, 5) is 11.7. The molecule has 1 saturated heterocycles. The fourth-order valence-corrected chi connectivity index (χ4v) is 9.91. The van der Waals surface area contributed by atoms with Gasteiger partial charge < -0.3 is 9.47 Å². The highest BCUT2D eigenvalue weighted by atomic mass is 16.8. The number of carbonyl (C=O) groups excluding carboxylic acids is 1. The number of rotatable bonds is 6. The SMILES string of the molecule is CC(=O)O[C@]12C[C@@H]3CC[C@H]4[C@@H](CC[C@@]5(C)[C@@H]([C@H](C)CCCC(C)C)CC[C@@H]45)[C@@]3(C)C[C@H]1O2. The van der Waals surface area contributed by atoms with Crippen LogP contribution in [0.3, 0.4) is 0 Å². The Balaban J connectivity index is 1.28. The molecule has 32 heavy (non-hydrogen) atoms. The van der Waals surface area contributed by atoms with Crippen LogP contribution in [0.5, 0.6) is 0 Å². The number of ether oxygens (including phenoxy) is 2. The zero-order chi connectivity index (χ0) is 22.9. The van der Waals surface area contributed by atoms with E-state index < -0.39 is 5.79 Å². The van der Waals surface area contributed by atoms with Crippen molar-refractivity contribution in [1.29, 1.82) is 0 Å². The summed E-state index contributed by atoms with van der Waals surface area (Å²) in [6.45, 7) is 14.1. The van der Waals surface area contributed by atoms with Gasteiger partial charge in [-0.15, -0.1) is 0 Å². The Morgan fingerprint density at radius 3 is 2.44 bits per heavy atom. The minimum absolute atomic E-state index is 0.150. The van der Waals surface area contributed by atoms with Crippen LogP contribution in [-0.4, -0.2) is 17.9 Å². The van der Waals surface area contributed by atoms with E-state index in [1.165, 1.54) is 64.7 Å². The predicted octanol–water partition coefficient (Wildman–Crippen LogP) is 7.38. The summed E-state index contributed by atoms with van der Waals surface area (Å²) >= 11 is 0. The first-order chi connectivity index (χ1) is 15.1. The smallest absolute Gasteiger partial charge is 0.305 e. The molecule has 1 aliphatic heterocycles. The van der Waals surface area contributed by atoms with E-state index in [2.05, 4.69) is 34.6 Å². The van der Waals surface area contributed by atoms with Crippen molar-refractivity contribution in [2.24, 2.45) is 52.3 Å². The van der Waals surface area contributed by atoms with Crippen LogP contribution in [0.15, 0.2) is 0 Å². The van der Waals surface area contributed by atoms with Crippen LogP contribution in [0.4, 0.5) is 0 Å². The van der Waals surface area contributed by atoms with Crippen LogP contribution in [0.1, 0.15) is 112 Å². The molecule has 0 spiro atoms. The van der Waals surface area contributed by atoms with Crippen molar-refractivity contribution in [3.8, 4) is 0 Å². The van der Waals surface area contributed by atoms with E-state index in [4.69, 9.17) is 9.47 Å². The Kier molecular flexibility index (Phi) is 5.79. The molecular weight excluding hydrogens is 396 g/mol. The van der Waals surface area contributed by atoms with Crippen molar-refractivity contribution in [2.75, 3.05) is 0 Å². The number of epoxide rings is 1. The minimum Gasteiger partial charge on any atom is -0.430 e. The maximum absolute atomic E-state index is 11.7. The monoisotopic (exact) mass is 444 g/mol. The van der Waals surface area contributed by atoms with Crippen molar-refractivity contribution in [3.63, 3.8) is 0 Å². The fraction of sp³-hybridized carbons (Fsp3) is 0.966. The average Bonchev–Trinajstić information content (AvgIpc) is 3.23. The van der Waals surface area contributed by atoms with Crippen LogP contribution >= 0.6 is 0 Å². The van der Waals surface area contributed by atoms with Gasteiger partial charge in [0.25, 0.3) is 0 Å². The first-order valence-electron chi connectivity index (χ1n) is 14.0. The second-order valence-corrected chi connectivity index (χ2v) is 13.6. The maximum atomic E-state index is 11.7. The van der Waals surface area contributed by atoms with E-state index in [1.807, 2.05) is 0 Å². The third-order valence-electron chi connectivity index (χ3n) is 11.5. The summed E-state index contributed by atoms with van der Waals surface area (Å²) in [6.07, 6.45) is 14.9. The third kappa shape index (κ3) is 3.59. The third-order valence-corrected chi connectivity index (χ3v) is 11.5. The van der Waals surface area contributed by atoms with Crippen LogP contribution < -0.4 is 0 Å². The molecule has 5 aliphatic rings. The molecule has 0 unspecified atom stereocenters. The largest absolute Gasteiger partial charge is 0.430 e. The summed E-state index contributed by atoms with van der Waals surface area (Å²) in [5, 5.41) is 0. The Hall–Kier alpha value is -0.570. The molecule has 4 saturated carbocycles. The summed E-state index contributed by atoms with van der Waals surface area (Å²) in [7, 11) is 0. The van der Waals surface area contributed by atoms with Crippen LogP contribution in [-0.2, 0) is 14.3 Å². The van der Waals surface area contributed by atoms with E-state index >= 15 is 0 Å². The second kappa shape index (κ2) is 7.99. The lowest BCUT2D eigenvalue weighted by Gasteiger charge is -2.60. The molecule has 5 rings (SSSR count). The number of fused-ring (bicyclic) bond motifs is 6. The van der Waals surface area contributed by atoms with Gasteiger partial charge in [-0.2, -0.15) is 0 Å². The normalized spacial score (nSPS) is 50.1. The van der Waals surface area contributed by atoms with Crippen LogP contribution in [0.2, 0.25) is 0 Å². The number of esters is 1. The van der Waals surface area contributed by atoms with Crippen molar-refractivity contribution in [3.05, 3.63) is 0 Å². The molecule has 3 heteroatoms. The Bertz CT molecular complexity index is 732. The molecule has 0 amide bonds. The van der Waals surface area contributed by atoms with Gasteiger partial charge in [0.05, 0.1) is 0 Å². The molecular formula is C29H48O3. The lowest BCUT2D eigenvalue weighted by atomic mass is 9.44. The van der Waals surface area contributed by atoms with Gasteiger partial charge in [-0.1, -0.05) is 53.9 Å². The fourth-order valence-electron chi connectivity index (χ4n) is 9.91. The van der Waals surface area contributed by atoms with Crippen molar-refractivity contribution in [1.82, 2.24) is 0 Å². The first kappa shape index (κ1) is 23.2. The predicted molar refractivity (Wildman–Crippen MR) is 128 cm³/mol. The average molecular weight is 445 g/mol. The highest BCUT2D eigenvalue weighted by molar-refractivity contribution is 5.66. The van der Waals surface area contributed by atoms with E-state index in [-0.39, 0.29) is 12.1 Å². The highest BCUT2D eigenvalue weighted by Gasteiger charge is 2.71. The van der Waals surface area contributed by atoms with E-state index in [9.17, 15) is 4.79 Å². The van der Waals surface area contributed by atoms with Crippen molar-refractivity contribution in [2.45, 2.75) is 124 Å². The summed E-state index contributed by atoms with van der Waals surface area (Å²) in [6, 6.07) is 0. The van der Waals surface area contributed by atoms with Gasteiger partial charge in [-0.25, -0.2) is 0 Å². The number of carbonyl (C=O) groups is 1. The lowest BCUT2D eigenvalue weighted by Crippen LogP contribution is -2.55. The van der Waals surface area contributed by atoms with Gasteiger partial charge in [0.15, 0.2) is 0 Å². The topological polar surface area (TPSA) is 38.8 Å². The minimum atomic E-state index is -0.560. The van der Waals surface area contributed by atoms with Gasteiger partial charge in [0.2, 0.25) is 5.79 Å². The van der Waals surface area contributed by atoms with Gasteiger partial charge in [0.1, 0.15) is 6.10 Å². The van der Waals surface area contributed by atoms with Crippen molar-refractivity contribution >= 4 is 5.97 Å². The van der Waals surface area contributed by atoms with Crippen molar-refractivity contribution < 1.29 is 14.3 Å². The maximum Gasteiger partial charge on any atom is 0.305 e. The van der Waals surface area contributed by atoms with Gasteiger partial charge in [0, 0.05) is 13.3 Å². The molecule has 0 radical (unpaired) electrons. The van der Waals surface area contributed by atoms with Crippen LogP contribution in [0, 0.1) is 52.3 Å².